The smallest absolute Gasteiger partial charge is 0.161 e. The number of hydrogen-bond acceptors (Lipinski definition) is 6. The van der Waals surface area contributed by atoms with E-state index in [0.717, 1.165) is 72.7 Å². The fourth-order valence-electron chi connectivity index (χ4n) is 7.26. The van der Waals surface area contributed by atoms with Crippen molar-refractivity contribution in [1.29, 1.82) is 0 Å². The van der Waals surface area contributed by atoms with Crippen molar-refractivity contribution in [3.63, 3.8) is 0 Å². The molecule has 6 heteroatoms. The molecule has 0 amide bonds. The van der Waals surface area contributed by atoms with Crippen molar-refractivity contribution in [1.82, 2.24) is 20.3 Å². The van der Waals surface area contributed by atoms with Gasteiger partial charge in [0.05, 0.1) is 28.6 Å². The topological polar surface area (TPSA) is 75.1 Å². The van der Waals surface area contributed by atoms with Crippen molar-refractivity contribution in [3.8, 4) is 33.9 Å². The van der Waals surface area contributed by atoms with E-state index in [1.165, 1.54) is 11.1 Å². The summed E-state index contributed by atoms with van der Waals surface area (Å²) in [6.45, 7) is 0. The Labute approximate surface area is 313 Å². The zero-order chi connectivity index (χ0) is 35.8. The second-order valence-electron chi connectivity index (χ2n) is 13.7. The molecule has 5 aromatic carbocycles. The predicted octanol–water partition coefficient (Wildman–Crippen LogP) is 10.5. The summed E-state index contributed by atoms with van der Waals surface area (Å²) in [7, 11) is 0. The van der Waals surface area contributed by atoms with Crippen molar-refractivity contribution >= 4 is 34.1 Å². The Morgan fingerprint density at radius 3 is 2.02 bits per heavy atom. The highest BCUT2D eigenvalue weighted by Crippen LogP contribution is 2.33. The molecule has 0 radical (unpaired) electrons. The molecule has 0 fully saturated rings. The predicted molar refractivity (Wildman–Crippen MR) is 221 cm³/mol. The van der Waals surface area contributed by atoms with E-state index in [4.69, 9.17) is 19.9 Å². The number of anilines is 1. The summed E-state index contributed by atoms with van der Waals surface area (Å²) in [5.74, 6) is 0.713. The first-order valence-electron chi connectivity index (χ1n) is 18.2. The molecule has 54 heavy (non-hydrogen) atoms. The molecule has 3 aliphatic rings. The van der Waals surface area contributed by atoms with Gasteiger partial charge in [0.2, 0.25) is 0 Å². The van der Waals surface area contributed by atoms with Gasteiger partial charge < -0.3 is 10.6 Å². The van der Waals surface area contributed by atoms with E-state index in [0.29, 0.717) is 5.82 Å². The second kappa shape index (κ2) is 13.4. The normalized spacial score (nSPS) is 17.0. The van der Waals surface area contributed by atoms with Crippen LogP contribution in [0.5, 0.6) is 0 Å². The SMILES string of the molecule is C1=CC2=CC=C(c3ccc4ccc(C5N=Cc6ccccc6N5)nc4c3)NC2C=C1c1ccc(-c2cc(-c3ccccc3)nc(-c3ccccc3)n2)cc1. The van der Waals surface area contributed by atoms with Crippen LogP contribution in [0.2, 0.25) is 0 Å². The Morgan fingerprint density at radius 2 is 1.20 bits per heavy atom. The van der Waals surface area contributed by atoms with Gasteiger partial charge in [-0.1, -0.05) is 146 Å². The number of allylic oxidation sites excluding steroid dienone is 4. The van der Waals surface area contributed by atoms with Crippen LogP contribution >= 0.6 is 0 Å². The highest BCUT2D eigenvalue weighted by Gasteiger charge is 2.21. The van der Waals surface area contributed by atoms with E-state index < -0.39 is 0 Å². The van der Waals surface area contributed by atoms with E-state index in [1.54, 1.807) is 0 Å². The van der Waals surface area contributed by atoms with E-state index in [1.807, 2.05) is 54.7 Å². The number of aliphatic imine (C=N–C) groups is 1. The number of hydrogen-bond donors (Lipinski definition) is 2. The van der Waals surface area contributed by atoms with Crippen LogP contribution in [-0.4, -0.2) is 27.2 Å². The zero-order valence-corrected chi connectivity index (χ0v) is 29.3. The number of para-hydroxylation sites is 1. The average Bonchev–Trinajstić information content (AvgIpc) is 3.26. The molecule has 0 saturated heterocycles. The van der Waals surface area contributed by atoms with Crippen molar-refractivity contribution < 1.29 is 0 Å². The Bertz CT molecular complexity index is 2650. The van der Waals surface area contributed by atoms with Gasteiger partial charge in [0.1, 0.15) is 0 Å². The van der Waals surface area contributed by atoms with Crippen molar-refractivity contribution in [2.24, 2.45) is 4.99 Å². The summed E-state index contributed by atoms with van der Waals surface area (Å²) in [6.07, 6.45) is 12.8. The summed E-state index contributed by atoms with van der Waals surface area (Å²) < 4.78 is 0. The lowest BCUT2D eigenvalue weighted by atomic mass is 9.90. The molecule has 0 spiro atoms. The molecule has 256 valence electrons. The minimum atomic E-state index is -0.225. The fraction of sp³-hybridized carbons (Fsp3) is 0.0417. The van der Waals surface area contributed by atoms with Gasteiger partial charge in [-0.15, -0.1) is 0 Å². The summed E-state index contributed by atoms with van der Waals surface area (Å²) >= 11 is 0. The first-order valence-corrected chi connectivity index (χ1v) is 18.2. The van der Waals surface area contributed by atoms with Gasteiger partial charge in [-0.2, -0.15) is 0 Å². The number of nitrogens with zero attached hydrogens (tertiary/aromatic N) is 4. The van der Waals surface area contributed by atoms with Crippen LogP contribution in [-0.2, 0) is 0 Å². The number of rotatable bonds is 6. The molecule has 1 aliphatic carbocycles. The van der Waals surface area contributed by atoms with Crippen LogP contribution in [0.25, 0.3) is 56.1 Å². The number of nitrogens with one attached hydrogen (secondary N) is 2. The largest absolute Gasteiger partial charge is 0.374 e. The van der Waals surface area contributed by atoms with E-state index in [2.05, 4.69) is 138 Å². The highest BCUT2D eigenvalue weighted by atomic mass is 15.1. The minimum absolute atomic E-state index is 0.0456. The van der Waals surface area contributed by atoms with Gasteiger partial charge >= 0.3 is 0 Å². The quantitative estimate of drug-likeness (QED) is 0.181. The average molecular weight is 695 g/mol. The Balaban J connectivity index is 0.898. The number of pyridine rings is 1. The fourth-order valence-corrected chi connectivity index (χ4v) is 7.26. The van der Waals surface area contributed by atoms with E-state index >= 15 is 0 Å². The molecule has 7 aromatic rings. The molecular formula is C48H34N6. The van der Waals surface area contributed by atoms with Gasteiger partial charge in [-0.05, 0) is 52.6 Å². The molecule has 2 aromatic heterocycles. The van der Waals surface area contributed by atoms with E-state index in [-0.39, 0.29) is 12.2 Å². The standard InChI is InChI=1S/C48H34N6/c1-3-9-32(10-4-1)45-29-46(54-47(53-45)36-11-5-2-6-12-36)33-17-15-31(16-18-33)37-21-19-34-23-25-41(50-43(34)27-37)38-22-20-35-24-26-42(51-44(35)28-38)48-49-30-39-13-7-8-14-40(39)52-48/h1-30,43,48,50,52H. The second-order valence-corrected chi connectivity index (χ2v) is 13.7. The molecule has 4 heterocycles. The minimum Gasteiger partial charge on any atom is -0.374 e. The number of benzene rings is 5. The maximum atomic E-state index is 5.05. The van der Waals surface area contributed by atoms with Gasteiger partial charge in [-0.25, -0.2) is 15.0 Å². The van der Waals surface area contributed by atoms with Gasteiger partial charge in [0.25, 0.3) is 0 Å². The van der Waals surface area contributed by atoms with Gasteiger partial charge in [0, 0.05) is 45.2 Å². The summed E-state index contributed by atoms with van der Waals surface area (Å²) in [4.78, 5) is 19.7. The molecule has 2 N–H and O–H groups in total. The number of aromatic nitrogens is 3. The molecule has 2 aliphatic heterocycles. The summed E-state index contributed by atoms with van der Waals surface area (Å²) in [6, 6.07) is 50.1. The highest BCUT2D eigenvalue weighted by molar-refractivity contribution is 5.90. The van der Waals surface area contributed by atoms with Crippen LogP contribution < -0.4 is 10.6 Å². The molecule has 10 rings (SSSR count). The third kappa shape index (κ3) is 6.10. The lowest BCUT2D eigenvalue weighted by Crippen LogP contribution is -2.31. The number of fused-ring (bicyclic) bond motifs is 3. The Kier molecular flexibility index (Phi) is 7.84. The Hall–Kier alpha value is -7.18. The zero-order valence-electron chi connectivity index (χ0n) is 29.3. The summed E-state index contributed by atoms with van der Waals surface area (Å²) in [5, 5.41) is 8.41. The van der Waals surface area contributed by atoms with Crippen molar-refractivity contribution in [3.05, 3.63) is 204 Å². The molecule has 6 nitrogen and oxygen atoms in total. The van der Waals surface area contributed by atoms with Crippen LogP contribution in [0.3, 0.4) is 0 Å². The molecule has 0 saturated carbocycles. The lowest BCUT2D eigenvalue weighted by Gasteiger charge is -2.27. The van der Waals surface area contributed by atoms with Crippen LogP contribution in [0.1, 0.15) is 28.6 Å². The monoisotopic (exact) mass is 694 g/mol. The molecule has 2 unspecified atom stereocenters. The molecular weight excluding hydrogens is 661 g/mol. The first-order chi connectivity index (χ1) is 26.7. The van der Waals surface area contributed by atoms with E-state index in [9.17, 15) is 0 Å². The van der Waals surface area contributed by atoms with Crippen LogP contribution in [0, 0.1) is 0 Å². The van der Waals surface area contributed by atoms with Crippen LogP contribution in [0.15, 0.2) is 187 Å². The van der Waals surface area contributed by atoms with Gasteiger partial charge in [0.15, 0.2) is 12.0 Å². The number of dihydropyridines is 1. The van der Waals surface area contributed by atoms with Crippen molar-refractivity contribution in [2.75, 3.05) is 5.32 Å². The maximum Gasteiger partial charge on any atom is 0.161 e. The molecule has 2 atom stereocenters. The van der Waals surface area contributed by atoms with Crippen molar-refractivity contribution in [2.45, 2.75) is 12.2 Å². The van der Waals surface area contributed by atoms with Crippen LogP contribution in [0.4, 0.5) is 5.69 Å². The maximum absolute atomic E-state index is 5.05. The third-order valence-electron chi connectivity index (χ3n) is 10.2. The van der Waals surface area contributed by atoms with Gasteiger partial charge in [-0.3, -0.25) is 4.99 Å². The first kappa shape index (κ1) is 31.5. The summed E-state index contributed by atoms with van der Waals surface area (Å²) in [5.41, 5.74) is 14.6. The third-order valence-corrected chi connectivity index (χ3v) is 10.2. The lowest BCUT2D eigenvalue weighted by molar-refractivity contribution is 0.802. The Morgan fingerprint density at radius 1 is 0.519 bits per heavy atom. The molecule has 0 bridgehead atoms.